The number of benzene rings is 3. The SMILES string of the molecule is CC1CN(C(=O)Nc2ccc(OC(F)F)cc2)CCN1c1nnc(-c2ccc(F)cc2)c2ccccc12. The van der Waals surface area contributed by atoms with Gasteiger partial charge in [0.15, 0.2) is 5.82 Å². The van der Waals surface area contributed by atoms with Gasteiger partial charge >= 0.3 is 12.6 Å². The number of carbonyl (C=O) groups is 1. The highest BCUT2D eigenvalue weighted by Gasteiger charge is 2.29. The normalized spacial score (nSPS) is 15.8. The third-order valence-corrected chi connectivity index (χ3v) is 6.30. The Morgan fingerprint density at radius 1 is 0.973 bits per heavy atom. The second-order valence-corrected chi connectivity index (χ2v) is 8.75. The van der Waals surface area contributed by atoms with Crippen molar-refractivity contribution in [3.05, 3.63) is 78.6 Å². The fourth-order valence-corrected chi connectivity index (χ4v) is 4.50. The topological polar surface area (TPSA) is 70.6 Å². The number of anilines is 2. The van der Waals surface area contributed by atoms with Crippen LogP contribution in [0.5, 0.6) is 5.75 Å². The Morgan fingerprint density at radius 3 is 2.35 bits per heavy atom. The number of nitrogens with one attached hydrogen (secondary N) is 1. The van der Waals surface area contributed by atoms with Crippen LogP contribution in [0.25, 0.3) is 22.0 Å². The van der Waals surface area contributed by atoms with Gasteiger partial charge in [0.2, 0.25) is 0 Å². The molecular formula is C27H24F3N5O2. The fraction of sp³-hybridized carbons (Fsp3) is 0.222. The van der Waals surface area contributed by atoms with Crippen molar-refractivity contribution < 1.29 is 22.7 Å². The smallest absolute Gasteiger partial charge is 0.387 e. The summed E-state index contributed by atoms with van der Waals surface area (Å²) < 4.78 is 42.4. The first-order valence-electron chi connectivity index (χ1n) is 11.8. The maximum absolute atomic E-state index is 13.4. The Balaban J connectivity index is 1.31. The van der Waals surface area contributed by atoms with Crippen LogP contribution in [-0.4, -0.2) is 53.4 Å². The lowest BCUT2D eigenvalue weighted by Gasteiger charge is -2.40. The molecule has 0 radical (unpaired) electrons. The molecule has 1 aliphatic heterocycles. The summed E-state index contributed by atoms with van der Waals surface area (Å²) in [4.78, 5) is 16.7. The number of ether oxygens (including phenoxy) is 1. The van der Waals surface area contributed by atoms with Gasteiger partial charge in [-0.3, -0.25) is 0 Å². The first-order chi connectivity index (χ1) is 17.9. The van der Waals surface area contributed by atoms with Gasteiger partial charge in [-0.2, -0.15) is 8.78 Å². The monoisotopic (exact) mass is 507 g/mol. The minimum atomic E-state index is -2.90. The number of amides is 2. The molecule has 190 valence electrons. The van der Waals surface area contributed by atoms with Gasteiger partial charge < -0.3 is 19.9 Å². The van der Waals surface area contributed by atoms with Crippen molar-refractivity contribution in [2.24, 2.45) is 0 Å². The van der Waals surface area contributed by atoms with Crippen LogP contribution in [0.3, 0.4) is 0 Å². The largest absolute Gasteiger partial charge is 0.435 e. The molecule has 0 bridgehead atoms. The van der Waals surface area contributed by atoms with E-state index in [1.807, 2.05) is 31.2 Å². The molecule has 0 saturated carbocycles. The van der Waals surface area contributed by atoms with E-state index in [0.717, 1.165) is 22.2 Å². The number of nitrogens with zero attached hydrogens (tertiary/aromatic N) is 4. The Kier molecular flexibility index (Phi) is 6.80. The van der Waals surface area contributed by atoms with E-state index in [0.29, 0.717) is 31.0 Å². The highest BCUT2D eigenvalue weighted by Crippen LogP contribution is 2.33. The first-order valence-corrected chi connectivity index (χ1v) is 11.8. The van der Waals surface area contributed by atoms with Gasteiger partial charge in [0.25, 0.3) is 0 Å². The number of halogens is 3. The van der Waals surface area contributed by atoms with Crippen molar-refractivity contribution in [2.75, 3.05) is 29.9 Å². The standard InChI is InChI=1S/C27H24F3N5O2/c1-17-16-34(27(36)31-20-10-12-21(13-11-20)37-26(29)30)14-15-35(17)25-23-5-3-2-4-22(23)24(32-33-25)18-6-8-19(28)9-7-18/h2-13,17,26H,14-16H2,1H3,(H,31,36). The van der Waals surface area contributed by atoms with Crippen LogP contribution in [-0.2, 0) is 0 Å². The zero-order valence-corrected chi connectivity index (χ0v) is 19.9. The van der Waals surface area contributed by atoms with E-state index in [1.54, 1.807) is 17.0 Å². The summed E-state index contributed by atoms with van der Waals surface area (Å²) in [7, 11) is 0. The second kappa shape index (κ2) is 10.3. The summed E-state index contributed by atoms with van der Waals surface area (Å²) in [6, 6.07) is 19.4. The van der Waals surface area contributed by atoms with E-state index >= 15 is 0 Å². The summed E-state index contributed by atoms with van der Waals surface area (Å²) in [6.45, 7) is 0.566. The molecule has 1 unspecified atom stereocenters. The molecule has 10 heteroatoms. The van der Waals surface area contributed by atoms with Crippen molar-refractivity contribution in [2.45, 2.75) is 19.6 Å². The Labute approximate surface area is 211 Å². The van der Waals surface area contributed by atoms with Gasteiger partial charge in [-0.25, -0.2) is 9.18 Å². The zero-order chi connectivity index (χ0) is 25.9. The van der Waals surface area contributed by atoms with Gasteiger partial charge in [0, 0.05) is 47.7 Å². The first kappa shape index (κ1) is 24.4. The minimum absolute atomic E-state index is 0.0222. The summed E-state index contributed by atoms with van der Waals surface area (Å²) in [5, 5.41) is 13.7. The third-order valence-electron chi connectivity index (χ3n) is 6.30. The zero-order valence-electron chi connectivity index (χ0n) is 19.9. The Hall–Kier alpha value is -4.34. The quantitative estimate of drug-likeness (QED) is 0.371. The molecule has 37 heavy (non-hydrogen) atoms. The maximum Gasteiger partial charge on any atom is 0.387 e. The number of hydrogen-bond acceptors (Lipinski definition) is 5. The highest BCUT2D eigenvalue weighted by atomic mass is 19.3. The number of alkyl halides is 2. The molecule has 0 spiro atoms. The van der Waals surface area contributed by atoms with E-state index in [4.69, 9.17) is 0 Å². The number of carbonyl (C=O) groups excluding carboxylic acids is 1. The van der Waals surface area contributed by atoms with Gasteiger partial charge in [0.1, 0.15) is 17.3 Å². The molecule has 2 amide bonds. The number of hydrogen-bond donors (Lipinski definition) is 1. The summed E-state index contributed by atoms with van der Waals surface area (Å²) in [5.74, 6) is 0.434. The van der Waals surface area contributed by atoms with Gasteiger partial charge in [-0.05, 0) is 55.5 Å². The fourth-order valence-electron chi connectivity index (χ4n) is 4.50. The lowest BCUT2D eigenvalue weighted by molar-refractivity contribution is -0.0498. The number of aromatic nitrogens is 2. The maximum atomic E-state index is 13.4. The van der Waals surface area contributed by atoms with Crippen LogP contribution in [0, 0.1) is 5.82 Å². The van der Waals surface area contributed by atoms with Gasteiger partial charge in [-0.15, -0.1) is 10.2 Å². The molecule has 1 aromatic heterocycles. The molecule has 7 nitrogen and oxygen atoms in total. The van der Waals surface area contributed by atoms with Crippen LogP contribution in [0.15, 0.2) is 72.8 Å². The molecule has 3 aromatic carbocycles. The molecule has 1 saturated heterocycles. The average Bonchev–Trinajstić information content (AvgIpc) is 2.89. The molecule has 1 atom stereocenters. The summed E-state index contributed by atoms with van der Waals surface area (Å²) in [6.07, 6.45) is 0. The van der Waals surface area contributed by atoms with E-state index < -0.39 is 6.61 Å². The predicted octanol–water partition coefficient (Wildman–Crippen LogP) is 5.78. The molecule has 1 aliphatic rings. The molecule has 4 aromatic rings. The predicted molar refractivity (Wildman–Crippen MR) is 135 cm³/mol. The second-order valence-electron chi connectivity index (χ2n) is 8.75. The van der Waals surface area contributed by atoms with Crippen molar-refractivity contribution >= 4 is 28.3 Å². The van der Waals surface area contributed by atoms with Gasteiger partial charge in [0.05, 0.1) is 0 Å². The highest BCUT2D eigenvalue weighted by molar-refractivity contribution is 6.00. The lowest BCUT2D eigenvalue weighted by atomic mass is 10.0. The molecule has 1 fully saturated rings. The summed E-state index contributed by atoms with van der Waals surface area (Å²) in [5.41, 5.74) is 1.94. The molecule has 1 N–H and O–H groups in total. The number of fused-ring (bicyclic) bond motifs is 1. The molecular weight excluding hydrogens is 483 g/mol. The van der Waals surface area contributed by atoms with Gasteiger partial charge in [-0.1, -0.05) is 24.3 Å². The van der Waals surface area contributed by atoms with E-state index in [-0.39, 0.29) is 23.6 Å². The van der Waals surface area contributed by atoms with E-state index in [9.17, 15) is 18.0 Å². The Bertz CT molecular complexity index is 1400. The van der Waals surface area contributed by atoms with Crippen molar-refractivity contribution in [1.82, 2.24) is 15.1 Å². The van der Waals surface area contributed by atoms with Crippen LogP contribution in [0.1, 0.15) is 6.92 Å². The molecule has 0 aliphatic carbocycles. The van der Waals surface area contributed by atoms with Crippen molar-refractivity contribution in [3.8, 4) is 17.0 Å². The van der Waals surface area contributed by atoms with Crippen molar-refractivity contribution in [3.63, 3.8) is 0 Å². The Morgan fingerprint density at radius 2 is 1.68 bits per heavy atom. The van der Waals surface area contributed by atoms with Crippen molar-refractivity contribution in [1.29, 1.82) is 0 Å². The van der Waals surface area contributed by atoms with Crippen LogP contribution < -0.4 is 15.0 Å². The lowest BCUT2D eigenvalue weighted by Crippen LogP contribution is -2.55. The van der Waals surface area contributed by atoms with Crippen LogP contribution >= 0.6 is 0 Å². The number of urea groups is 1. The summed E-state index contributed by atoms with van der Waals surface area (Å²) >= 11 is 0. The van der Waals surface area contributed by atoms with E-state index in [1.165, 1.54) is 36.4 Å². The average molecular weight is 508 g/mol. The number of rotatable bonds is 5. The number of piperazine rings is 1. The van der Waals surface area contributed by atoms with Crippen LogP contribution in [0.4, 0.5) is 29.5 Å². The molecule has 2 heterocycles. The van der Waals surface area contributed by atoms with E-state index in [2.05, 4.69) is 25.2 Å². The van der Waals surface area contributed by atoms with Crippen LogP contribution in [0.2, 0.25) is 0 Å². The third kappa shape index (κ3) is 5.28. The molecule has 5 rings (SSSR count). The minimum Gasteiger partial charge on any atom is -0.435 e.